The van der Waals surface area contributed by atoms with E-state index in [0.717, 1.165) is 12.0 Å². The molecule has 1 aromatic carbocycles. The molecule has 0 bridgehead atoms. The molecular formula is C11H15NO2S. The summed E-state index contributed by atoms with van der Waals surface area (Å²) in [6.07, 6.45) is 2.10. The first kappa shape index (κ1) is 10.6. The first-order valence-electron chi connectivity index (χ1n) is 5.01. The molecule has 0 atom stereocenters. The van der Waals surface area contributed by atoms with Crippen LogP contribution in [-0.4, -0.2) is 25.5 Å². The normalized spacial score (nSPS) is 17.5. The first-order chi connectivity index (χ1) is 6.98. The molecule has 0 spiro atoms. The van der Waals surface area contributed by atoms with Crippen LogP contribution in [0.25, 0.3) is 0 Å². The average Bonchev–Trinajstić information content (AvgIpc) is 2.16. The number of fused-ring (bicyclic) bond motifs is 1. The van der Waals surface area contributed by atoms with E-state index >= 15 is 0 Å². The van der Waals surface area contributed by atoms with Crippen LogP contribution in [0.3, 0.4) is 0 Å². The molecule has 0 unspecified atom stereocenters. The third kappa shape index (κ3) is 2.06. The monoisotopic (exact) mass is 225 g/mol. The molecular weight excluding hydrogens is 210 g/mol. The molecule has 1 aliphatic rings. The van der Waals surface area contributed by atoms with Gasteiger partial charge in [0.15, 0.2) is 0 Å². The number of hydrogen-bond donors (Lipinski definition) is 0. The molecule has 15 heavy (non-hydrogen) atoms. The third-order valence-electron chi connectivity index (χ3n) is 2.93. The molecule has 0 saturated heterocycles. The van der Waals surface area contributed by atoms with Crippen molar-refractivity contribution >= 4 is 10.0 Å². The third-order valence-corrected chi connectivity index (χ3v) is 4.18. The van der Waals surface area contributed by atoms with Gasteiger partial charge in [0.25, 0.3) is 0 Å². The zero-order valence-electron chi connectivity index (χ0n) is 9.03. The second kappa shape index (κ2) is 3.61. The Morgan fingerprint density at radius 1 is 1.33 bits per heavy atom. The highest BCUT2D eigenvalue weighted by Gasteiger charge is 2.23. The number of aryl methyl sites for hydroxylation is 1. The summed E-state index contributed by atoms with van der Waals surface area (Å²) < 4.78 is 24.4. The van der Waals surface area contributed by atoms with Gasteiger partial charge in [-0.3, -0.25) is 0 Å². The second-order valence-electron chi connectivity index (χ2n) is 4.06. The predicted molar refractivity (Wildman–Crippen MR) is 60.1 cm³/mol. The zero-order chi connectivity index (χ0) is 11.1. The smallest absolute Gasteiger partial charge is 0.211 e. The van der Waals surface area contributed by atoms with Crippen molar-refractivity contribution in [2.75, 3.05) is 12.8 Å². The van der Waals surface area contributed by atoms with Gasteiger partial charge in [-0.25, -0.2) is 8.42 Å². The minimum Gasteiger partial charge on any atom is -0.212 e. The van der Waals surface area contributed by atoms with Gasteiger partial charge in [0, 0.05) is 13.1 Å². The predicted octanol–water partition coefficient (Wildman–Crippen LogP) is 1.31. The van der Waals surface area contributed by atoms with E-state index in [2.05, 4.69) is 13.0 Å². The molecule has 4 heteroatoms. The summed E-state index contributed by atoms with van der Waals surface area (Å²) in [5, 5.41) is 0. The highest BCUT2D eigenvalue weighted by Crippen LogP contribution is 2.23. The van der Waals surface area contributed by atoms with Crippen LogP contribution < -0.4 is 0 Å². The molecule has 0 amide bonds. The van der Waals surface area contributed by atoms with Crippen LogP contribution in [0, 0.1) is 6.92 Å². The second-order valence-corrected chi connectivity index (χ2v) is 6.04. The molecule has 1 aliphatic heterocycles. The Morgan fingerprint density at radius 3 is 2.73 bits per heavy atom. The molecule has 0 saturated carbocycles. The maximum absolute atomic E-state index is 11.4. The van der Waals surface area contributed by atoms with Crippen LogP contribution in [0.15, 0.2) is 18.2 Å². The van der Waals surface area contributed by atoms with E-state index in [4.69, 9.17) is 0 Å². The molecule has 0 aliphatic carbocycles. The molecule has 1 aromatic rings. The molecule has 82 valence electrons. The van der Waals surface area contributed by atoms with Crippen molar-refractivity contribution in [2.24, 2.45) is 0 Å². The van der Waals surface area contributed by atoms with Crippen molar-refractivity contribution in [1.29, 1.82) is 0 Å². The summed E-state index contributed by atoms with van der Waals surface area (Å²) in [6.45, 7) is 3.21. The summed E-state index contributed by atoms with van der Waals surface area (Å²) in [5.41, 5.74) is 3.73. The van der Waals surface area contributed by atoms with Crippen LogP contribution in [0.1, 0.15) is 16.7 Å². The minimum absolute atomic E-state index is 0.524. The fourth-order valence-electron chi connectivity index (χ4n) is 2.06. The number of hydrogen-bond acceptors (Lipinski definition) is 2. The Morgan fingerprint density at radius 2 is 2.07 bits per heavy atom. The van der Waals surface area contributed by atoms with Crippen molar-refractivity contribution in [3.05, 3.63) is 34.9 Å². The van der Waals surface area contributed by atoms with Gasteiger partial charge >= 0.3 is 0 Å². The number of nitrogens with zero attached hydrogens (tertiary/aromatic N) is 1. The lowest BCUT2D eigenvalue weighted by molar-refractivity contribution is 0.394. The maximum atomic E-state index is 11.4. The van der Waals surface area contributed by atoms with E-state index in [-0.39, 0.29) is 0 Å². The highest BCUT2D eigenvalue weighted by atomic mass is 32.2. The molecule has 0 fully saturated rings. The van der Waals surface area contributed by atoms with E-state index in [1.54, 1.807) is 0 Å². The number of rotatable bonds is 1. The Bertz CT molecular complexity index is 479. The SMILES string of the molecule is Cc1cccc2c1CCN(S(C)(=O)=O)C2. The Balaban J connectivity index is 2.36. The maximum Gasteiger partial charge on any atom is 0.211 e. The topological polar surface area (TPSA) is 37.4 Å². The van der Waals surface area contributed by atoms with Crippen molar-refractivity contribution in [3.63, 3.8) is 0 Å². The quantitative estimate of drug-likeness (QED) is 0.722. The fourth-order valence-corrected chi connectivity index (χ4v) is 2.85. The van der Waals surface area contributed by atoms with E-state index < -0.39 is 10.0 Å². The lowest BCUT2D eigenvalue weighted by Crippen LogP contribution is -2.35. The van der Waals surface area contributed by atoms with E-state index in [1.165, 1.54) is 21.7 Å². The molecule has 0 N–H and O–H groups in total. The first-order valence-corrected chi connectivity index (χ1v) is 6.86. The van der Waals surface area contributed by atoms with Crippen molar-refractivity contribution < 1.29 is 8.42 Å². The van der Waals surface area contributed by atoms with Crippen molar-refractivity contribution in [3.8, 4) is 0 Å². The van der Waals surface area contributed by atoms with Crippen LogP contribution in [0.2, 0.25) is 0 Å². The molecule has 0 radical (unpaired) electrons. The summed E-state index contributed by atoms with van der Waals surface area (Å²) in [6, 6.07) is 6.08. The average molecular weight is 225 g/mol. The van der Waals surface area contributed by atoms with Crippen molar-refractivity contribution in [2.45, 2.75) is 19.9 Å². The minimum atomic E-state index is -3.05. The molecule has 2 rings (SSSR count). The summed E-state index contributed by atoms with van der Waals surface area (Å²) in [7, 11) is -3.05. The van der Waals surface area contributed by atoms with Crippen molar-refractivity contribution in [1.82, 2.24) is 4.31 Å². The molecule has 3 nitrogen and oxygen atoms in total. The lowest BCUT2D eigenvalue weighted by atomic mass is 9.96. The lowest BCUT2D eigenvalue weighted by Gasteiger charge is -2.27. The van der Waals surface area contributed by atoms with Gasteiger partial charge < -0.3 is 0 Å². The Kier molecular flexibility index (Phi) is 2.56. The van der Waals surface area contributed by atoms with Gasteiger partial charge in [0.05, 0.1) is 6.26 Å². The fraction of sp³-hybridized carbons (Fsp3) is 0.455. The summed E-state index contributed by atoms with van der Waals surface area (Å²) in [4.78, 5) is 0. The van der Waals surface area contributed by atoms with E-state index in [0.29, 0.717) is 13.1 Å². The van der Waals surface area contributed by atoms with Gasteiger partial charge in [-0.05, 0) is 30.0 Å². The Labute approximate surface area is 90.8 Å². The van der Waals surface area contributed by atoms with Crippen LogP contribution in [0.5, 0.6) is 0 Å². The standard InChI is InChI=1S/C11H15NO2S/c1-9-4-3-5-10-8-12(15(2,13)14)7-6-11(9)10/h3-5H,6-8H2,1-2H3. The van der Waals surface area contributed by atoms with Gasteiger partial charge in [-0.15, -0.1) is 0 Å². The van der Waals surface area contributed by atoms with Gasteiger partial charge in [-0.1, -0.05) is 18.2 Å². The van der Waals surface area contributed by atoms with Gasteiger partial charge in [-0.2, -0.15) is 4.31 Å². The van der Waals surface area contributed by atoms with E-state index in [9.17, 15) is 8.42 Å². The number of benzene rings is 1. The summed E-state index contributed by atoms with van der Waals surface area (Å²) >= 11 is 0. The number of sulfonamides is 1. The molecule has 0 aromatic heterocycles. The Hall–Kier alpha value is -0.870. The van der Waals surface area contributed by atoms with Crippen LogP contribution in [0.4, 0.5) is 0 Å². The zero-order valence-corrected chi connectivity index (χ0v) is 9.84. The highest BCUT2D eigenvalue weighted by molar-refractivity contribution is 7.88. The van der Waals surface area contributed by atoms with E-state index in [1.807, 2.05) is 12.1 Å². The van der Waals surface area contributed by atoms with Gasteiger partial charge in [0.1, 0.15) is 0 Å². The molecule has 1 heterocycles. The van der Waals surface area contributed by atoms with Crippen LogP contribution in [-0.2, 0) is 23.0 Å². The largest absolute Gasteiger partial charge is 0.212 e. The summed E-state index contributed by atoms with van der Waals surface area (Å²) in [5.74, 6) is 0. The van der Waals surface area contributed by atoms with Gasteiger partial charge in [0.2, 0.25) is 10.0 Å². The van der Waals surface area contributed by atoms with Crippen LogP contribution >= 0.6 is 0 Å².